The van der Waals surface area contributed by atoms with Crippen molar-refractivity contribution >= 4 is 6.29 Å². The monoisotopic (exact) mass is 251 g/mol. The first-order valence-corrected chi connectivity index (χ1v) is 6.01. The number of hydrogen-bond donors (Lipinski definition) is 0. The summed E-state index contributed by atoms with van der Waals surface area (Å²) in [6, 6.07) is 14.8. The number of carbonyl (C=O) groups excluding carboxylic acids is 1. The van der Waals surface area contributed by atoms with E-state index in [0.717, 1.165) is 17.4 Å². The fourth-order valence-electron chi connectivity index (χ4n) is 1.84. The quantitative estimate of drug-likeness (QED) is 0.782. The summed E-state index contributed by atoms with van der Waals surface area (Å²) in [5.74, 6) is 0.592. The summed E-state index contributed by atoms with van der Waals surface area (Å²) < 4.78 is 5.38. The topological polar surface area (TPSA) is 50.1 Å². The van der Waals surface area contributed by atoms with Gasteiger partial charge in [0, 0.05) is 0 Å². The van der Waals surface area contributed by atoms with Gasteiger partial charge in [-0.25, -0.2) is 0 Å². The number of nitriles is 1. The minimum atomic E-state index is 0.525. The van der Waals surface area contributed by atoms with Gasteiger partial charge in [0.2, 0.25) is 0 Å². The lowest BCUT2D eigenvalue weighted by atomic mass is 10.0. The molecule has 0 aliphatic heterocycles. The Balaban J connectivity index is 2.39. The fourth-order valence-corrected chi connectivity index (χ4v) is 1.84. The number of hydrogen-bond acceptors (Lipinski definition) is 3. The molecule has 0 N–H and O–H groups in total. The van der Waals surface area contributed by atoms with Crippen molar-refractivity contribution in [2.75, 3.05) is 6.61 Å². The molecule has 0 unspecified atom stereocenters. The van der Waals surface area contributed by atoms with Crippen LogP contribution in [0, 0.1) is 11.3 Å². The summed E-state index contributed by atoms with van der Waals surface area (Å²) in [7, 11) is 0. The maximum atomic E-state index is 11.1. The van der Waals surface area contributed by atoms with Crippen LogP contribution in [-0.4, -0.2) is 12.9 Å². The molecule has 0 radical (unpaired) electrons. The third kappa shape index (κ3) is 2.80. The summed E-state index contributed by atoms with van der Waals surface area (Å²) in [6.07, 6.45) is 0.790. The molecule has 0 saturated carbocycles. The highest BCUT2D eigenvalue weighted by molar-refractivity contribution is 5.83. The Morgan fingerprint density at radius 2 is 1.84 bits per heavy atom. The number of nitrogens with zero attached hydrogens (tertiary/aromatic N) is 1. The minimum Gasteiger partial charge on any atom is -0.493 e. The predicted octanol–water partition coefficient (Wildman–Crippen LogP) is 3.44. The molecule has 3 nitrogen and oxygen atoms in total. The molecule has 3 heteroatoms. The lowest BCUT2D eigenvalue weighted by Gasteiger charge is -2.08. The van der Waals surface area contributed by atoms with Gasteiger partial charge in [-0.3, -0.25) is 4.79 Å². The molecule has 0 amide bonds. The van der Waals surface area contributed by atoms with Crippen molar-refractivity contribution in [3.05, 3.63) is 53.6 Å². The second-order valence-corrected chi connectivity index (χ2v) is 3.99. The van der Waals surface area contributed by atoms with E-state index in [1.165, 1.54) is 0 Å². The van der Waals surface area contributed by atoms with E-state index in [-0.39, 0.29) is 0 Å². The van der Waals surface area contributed by atoms with Gasteiger partial charge < -0.3 is 4.74 Å². The zero-order valence-electron chi connectivity index (χ0n) is 10.6. The summed E-state index contributed by atoms with van der Waals surface area (Å²) in [6.45, 7) is 2.40. The smallest absolute Gasteiger partial charge is 0.153 e. The van der Waals surface area contributed by atoms with Gasteiger partial charge in [0.05, 0.1) is 23.8 Å². The van der Waals surface area contributed by atoms with Crippen LogP contribution in [-0.2, 0) is 0 Å². The molecule has 0 bridgehead atoms. The lowest BCUT2D eigenvalue weighted by molar-refractivity contribution is 0.112. The molecular formula is C16H13NO2. The number of benzene rings is 2. The standard InChI is InChI=1S/C16H13NO2/c1-2-19-16-8-7-14(9-15(16)11-18)13-5-3-12(10-17)4-6-13/h3-9,11H,2H2,1H3. The van der Waals surface area contributed by atoms with Crippen LogP contribution in [0.15, 0.2) is 42.5 Å². The Kier molecular flexibility index (Phi) is 3.94. The van der Waals surface area contributed by atoms with Crippen LogP contribution < -0.4 is 4.74 Å². The molecule has 2 rings (SSSR count). The molecule has 0 saturated heterocycles. The van der Waals surface area contributed by atoms with Crippen LogP contribution in [0.1, 0.15) is 22.8 Å². The van der Waals surface area contributed by atoms with Gasteiger partial charge in [0.1, 0.15) is 5.75 Å². The van der Waals surface area contributed by atoms with Crippen molar-refractivity contribution in [1.29, 1.82) is 5.26 Å². The molecule has 2 aromatic rings. The third-order valence-electron chi connectivity index (χ3n) is 2.78. The van der Waals surface area contributed by atoms with Gasteiger partial charge in [0.25, 0.3) is 0 Å². The molecule has 94 valence electrons. The zero-order chi connectivity index (χ0) is 13.7. The average Bonchev–Trinajstić information content (AvgIpc) is 2.48. The van der Waals surface area contributed by atoms with Crippen molar-refractivity contribution in [2.24, 2.45) is 0 Å². The molecule has 0 atom stereocenters. The van der Waals surface area contributed by atoms with Crippen LogP contribution >= 0.6 is 0 Å². The van der Waals surface area contributed by atoms with E-state index in [4.69, 9.17) is 10.00 Å². The third-order valence-corrected chi connectivity index (χ3v) is 2.78. The average molecular weight is 251 g/mol. The Labute approximate surface area is 112 Å². The first-order valence-electron chi connectivity index (χ1n) is 6.01. The molecule has 0 fully saturated rings. The van der Waals surface area contributed by atoms with Gasteiger partial charge in [0.15, 0.2) is 6.29 Å². The minimum absolute atomic E-state index is 0.525. The summed E-state index contributed by atoms with van der Waals surface area (Å²) in [5, 5.41) is 8.76. The van der Waals surface area contributed by atoms with Crippen LogP contribution in [0.2, 0.25) is 0 Å². The van der Waals surface area contributed by atoms with E-state index in [1.807, 2.05) is 25.1 Å². The molecule has 0 heterocycles. The Morgan fingerprint density at radius 1 is 1.16 bits per heavy atom. The largest absolute Gasteiger partial charge is 0.493 e. The van der Waals surface area contributed by atoms with Crippen LogP contribution in [0.3, 0.4) is 0 Å². The highest BCUT2D eigenvalue weighted by Crippen LogP contribution is 2.26. The van der Waals surface area contributed by atoms with Gasteiger partial charge in [-0.15, -0.1) is 0 Å². The van der Waals surface area contributed by atoms with E-state index in [9.17, 15) is 4.79 Å². The molecular weight excluding hydrogens is 238 g/mol. The maximum absolute atomic E-state index is 11.1. The van der Waals surface area contributed by atoms with Crippen molar-refractivity contribution in [2.45, 2.75) is 6.92 Å². The molecule has 19 heavy (non-hydrogen) atoms. The Morgan fingerprint density at radius 3 is 2.42 bits per heavy atom. The number of aldehydes is 1. The number of carbonyl (C=O) groups is 1. The van der Waals surface area contributed by atoms with Crippen molar-refractivity contribution < 1.29 is 9.53 Å². The number of rotatable bonds is 4. The van der Waals surface area contributed by atoms with Gasteiger partial charge in [-0.2, -0.15) is 5.26 Å². The van der Waals surface area contributed by atoms with E-state index < -0.39 is 0 Å². The van der Waals surface area contributed by atoms with Crippen molar-refractivity contribution in [3.8, 4) is 22.9 Å². The molecule has 0 aliphatic rings. The van der Waals surface area contributed by atoms with E-state index >= 15 is 0 Å². The molecule has 0 aliphatic carbocycles. The summed E-state index contributed by atoms with van der Waals surface area (Å²) in [5.41, 5.74) is 3.04. The molecule has 0 spiro atoms. The van der Waals surface area contributed by atoms with E-state index in [1.54, 1.807) is 24.3 Å². The summed E-state index contributed by atoms with van der Waals surface area (Å²) in [4.78, 5) is 11.1. The van der Waals surface area contributed by atoms with Gasteiger partial charge in [-0.05, 0) is 42.3 Å². The van der Waals surface area contributed by atoms with Crippen molar-refractivity contribution in [1.82, 2.24) is 0 Å². The Bertz CT molecular complexity index is 624. The zero-order valence-corrected chi connectivity index (χ0v) is 10.6. The van der Waals surface area contributed by atoms with E-state index in [0.29, 0.717) is 23.5 Å². The second kappa shape index (κ2) is 5.83. The highest BCUT2D eigenvalue weighted by atomic mass is 16.5. The first-order chi connectivity index (χ1) is 9.28. The Hall–Kier alpha value is -2.60. The molecule has 0 aromatic heterocycles. The van der Waals surface area contributed by atoms with Crippen LogP contribution in [0.4, 0.5) is 0 Å². The predicted molar refractivity (Wildman–Crippen MR) is 73.1 cm³/mol. The van der Waals surface area contributed by atoms with Crippen LogP contribution in [0.25, 0.3) is 11.1 Å². The lowest BCUT2D eigenvalue weighted by Crippen LogP contribution is -1.96. The van der Waals surface area contributed by atoms with Crippen LogP contribution in [0.5, 0.6) is 5.75 Å². The first kappa shape index (κ1) is 12.8. The fraction of sp³-hybridized carbons (Fsp3) is 0.125. The number of ether oxygens (including phenoxy) is 1. The summed E-state index contributed by atoms with van der Waals surface area (Å²) >= 11 is 0. The second-order valence-electron chi connectivity index (χ2n) is 3.99. The van der Waals surface area contributed by atoms with Crippen molar-refractivity contribution in [3.63, 3.8) is 0 Å². The highest BCUT2D eigenvalue weighted by Gasteiger charge is 2.05. The molecule has 2 aromatic carbocycles. The van der Waals surface area contributed by atoms with Gasteiger partial charge >= 0.3 is 0 Å². The normalized spacial score (nSPS) is 9.68. The van der Waals surface area contributed by atoms with E-state index in [2.05, 4.69) is 6.07 Å². The maximum Gasteiger partial charge on any atom is 0.153 e. The SMILES string of the molecule is CCOc1ccc(-c2ccc(C#N)cc2)cc1C=O. The van der Waals surface area contributed by atoms with Gasteiger partial charge in [-0.1, -0.05) is 18.2 Å².